The fraction of sp³-hybridized carbons (Fsp3) is 0.579. The Hall–Kier alpha value is -2.28. The van der Waals surface area contributed by atoms with Crippen LogP contribution in [0.1, 0.15) is 38.7 Å². The molecule has 0 saturated carbocycles. The number of benzene rings is 1. The average molecular weight is 363 g/mol. The molecule has 2 rings (SSSR count). The normalized spacial score (nSPS) is 17.9. The van der Waals surface area contributed by atoms with Crippen LogP contribution in [0.2, 0.25) is 0 Å². The zero-order chi connectivity index (χ0) is 19.1. The predicted molar refractivity (Wildman–Crippen MR) is 98.9 cm³/mol. The molecule has 1 saturated heterocycles. The van der Waals surface area contributed by atoms with Gasteiger partial charge in [-0.1, -0.05) is 19.9 Å². The highest BCUT2D eigenvalue weighted by Gasteiger charge is 2.27. The summed E-state index contributed by atoms with van der Waals surface area (Å²) in [4.78, 5) is 24.8. The van der Waals surface area contributed by atoms with Crippen LogP contribution in [0.4, 0.5) is 0 Å². The Morgan fingerprint density at radius 1 is 1.27 bits per heavy atom. The molecule has 1 aromatic rings. The second-order valence-electron chi connectivity index (χ2n) is 7.20. The van der Waals surface area contributed by atoms with E-state index in [4.69, 9.17) is 0 Å². The molecule has 1 aromatic carbocycles. The maximum atomic E-state index is 12.5. The predicted octanol–water partition coefficient (Wildman–Crippen LogP) is 1.04. The third kappa shape index (κ3) is 5.91. The molecule has 144 valence electrons. The molecule has 0 aromatic heterocycles. The summed E-state index contributed by atoms with van der Waals surface area (Å²) in [6.45, 7) is 5.24. The van der Waals surface area contributed by atoms with Gasteiger partial charge in [-0.15, -0.1) is 0 Å². The van der Waals surface area contributed by atoms with E-state index in [-0.39, 0.29) is 35.3 Å². The average Bonchev–Trinajstić information content (AvgIpc) is 3.11. The van der Waals surface area contributed by atoms with Crippen molar-refractivity contribution in [3.63, 3.8) is 0 Å². The minimum atomic E-state index is -0.557. The summed E-state index contributed by atoms with van der Waals surface area (Å²) in [5, 5.41) is 27.7. The molecule has 2 atom stereocenters. The van der Waals surface area contributed by atoms with Crippen LogP contribution in [0, 0.1) is 5.92 Å². The van der Waals surface area contributed by atoms with Crippen LogP contribution in [-0.4, -0.2) is 47.2 Å². The minimum absolute atomic E-state index is 0.119. The van der Waals surface area contributed by atoms with Crippen LogP contribution in [0.15, 0.2) is 18.2 Å². The van der Waals surface area contributed by atoms with Crippen molar-refractivity contribution in [2.24, 2.45) is 5.92 Å². The Morgan fingerprint density at radius 3 is 2.65 bits per heavy atom. The Labute approximate surface area is 154 Å². The topological polar surface area (TPSA) is 111 Å². The van der Waals surface area contributed by atoms with Gasteiger partial charge in [-0.2, -0.15) is 0 Å². The molecule has 1 heterocycles. The van der Waals surface area contributed by atoms with Crippen LogP contribution in [0.5, 0.6) is 11.5 Å². The standard InChI is InChI=1S/C19H29N3O4/c1-12(2)10-15(22-19(26)14-4-3-8-20-14)18(25)21-9-7-13-5-6-16(23)17(24)11-13/h5-6,11-12,14-15,20,23-24H,3-4,7-10H2,1-2H3,(H,21,25)(H,22,26)/t14-,15-/m0/s1. The van der Waals surface area contributed by atoms with Crippen molar-refractivity contribution in [3.8, 4) is 11.5 Å². The number of carbonyl (C=O) groups excluding carboxylic acids is 2. The van der Waals surface area contributed by atoms with Gasteiger partial charge in [0.2, 0.25) is 11.8 Å². The number of nitrogens with one attached hydrogen (secondary N) is 3. The lowest BCUT2D eigenvalue weighted by Gasteiger charge is -2.22. The monoisotopic (exact) mass is 363 g/mol. The number of phenols is 2. The molecule has 7 nitrogen and oxygen atoms in total. The first kappa shape index (κ1) is 20.0. The first-order chi connectivity index (χ1) is 12.4. The summed E-state index contributed by atoms with van der Waals surface area (Å²) < 4.78 is 0. The van der Waals surface area contributed by atoms with Crippen molar-refractivity contribution in [1.29, 1.82) is 0 Å². The lowest BCUT2D eigenvalue weighted by atomic mass is 10.0. The summed E-state index contributed by atoms with van der Waals surface area (Å²) in [7, 11) is 0. The van der Waals surface area contributed by atoms with Crippen molar-refractivity contribution < 1.29 is 19.8 Å². The zero-order valence-corrected chi connectivity index (χ0v) is 15.4. The van der Waals surface area contributed by atoms with Crippen molar-refractivity contribution in [2.75, 3.05) is 13.1 Å². The summed E-state index contributed by atoms with van der Waals surface area (Å²) in [6.07, 6.45) is 2.86. The number of carbonyl (C=O) groups is 2. The molecule has 2 amide bonds. The maximum Gasteiger partial charge on any atom is 0.242 e. The second kappa shape index (κ2) is 9.43. The zero-order valence-electron chi connectivity index (χ0n) is 15.4. The molecule has 0 bridgehead atoms. The van der Waals surface area contributed by atoms with Gasteiger partial charge < -0.3 is 26.2 Å². The number of amides is 2. The van der Waals surface area contributed by atoms with Gasteiger partial charge in [-0.25, -0.2) is 0 Å². The molecule has 0 unspecified atom stereocenters. The molecule has 26 heavy (non-hydrogen) atoms. The molecule has 5 N–H and O–H groups in total. The quantitative estimate of drug-likeness (QED) is 0.443. The van der Waals surface area contributed by atoms with Gasteiger partial charge in [0, 0.05) is 6.54 Å². The first-order valence-corrected chi connectivity index (χ1v) is 9.19. The molecule has 1 fully saturated rings. The molecular formula is C19H29N3O4. The van der Waals surface area contributed by atoms with E-state index >= 15 is 0 Å². The fourth-order valence-corrected chi connectivity index (χ4v) is 3.06. The van der Waals surface area contributed by atoms with Crippen molar-refractivity contribution in [1.82, 2.24) is 16.0 Å². The van der Waals surface area contributed by atoms with E-state index in [2.05, 4.69) is 16.0 Å². The lowest BCUT2D eigenvalue weighted by Crippen LogP contribution is -2.52. The largest absolute Gasteiger partial charge is 0.504 e. The van der Waals surface area contributed by atoms with Gasteiger partial charge in [0.1, 0.15) is 6.04 Å². The van der Waals surface area contributed by atoms with Crippen molar-refractivity contribution in [3.05, 3.63) is 23.8 Å². The van der Waals surface area contributed by atoms with Crippen LogP contribution in [0.3, 0.4) is 0 Å². The lowest BCUT2D eigenvalue weighted by molar-refractivity contribution is -0.130. The first-order valence-electron chi connectivity index (χ1n) is 9.19. The Balaban J connectivity index is 1.86. The molecule has 1 aliphatic rings. The van der Waals surface area contributed by atoms with E-state index < -0.39 is 6.04 Å². The minimum Gasteiger partial charge on any atom is -0.504 e. The molecule has 7 heteroatoms. The van der Waals surface area contributed by atoms with Crippen molar-refractivity contribution >= 4 is 11.8 Å². The van der Waals surface area contributed by atoms with Crippen LogP contribution >= 0.6 is 0 Å². The van der Waals surface area contributed by atoms with Crippen LogP contribution in [0.25, 0.3) is 0 Å². The fourth-order valence-electron chi connectivity index (χ4n) is 3.06. The molecule has 0 spiro atoms. The van der Waals surface area contributed by atoms with Gasteiger partial charge in [0.25, 0.3) is 0 Å². The Kier molecular flexibility index (Phi) is 7.26. The molecular weight excluding hydrogens is 334 g/mol. The molecule has 0 aliphatic carbocycles. The van der Waals surface area contributed by atoms with Gasteiger partial charge in [0.05, 0.1) is 6.04 Å². The summed E-state index contributed by atoms with van der Waals surface area (Å²) in [5.41, 5.74) is 0.806. The number of hydrogen-bond donors (Lipinski definition) is 5. The van der Waals surface area contributed by atoms with Crippen LogP contribution < -0.4 is 16.0 Å². The number of rotatable bonds is 8. The smallest absolute Gasteiger partial charge is 0.242 e. The number of hydrogen-bond acceptors (Lipinski definition) is 5. The van der Waals surface area contributed by atoms with E-state index in [1.54, 1.807) is 6.07 Å². The third-order valence-electron chi connectivity index (χ3n) is 4.47. The van der Waals surface area contributed by atoms with E-state index in [9.17, 15) is 19.8 Å². The van der Waals surface area contributed by atoms with E-state index in [1.807, 2.05) is 13.8 Å². The second-order valence-corrected chi connectivity index (χ2v) is 7.20. The van der Waals surface area contributed by atoms with Gasteiger partial charge in [-0.3, -0.25) is 9.59 Å². The van der Waals surface area contributed by atoms with Gasteiger partial charge in [0.15, 0.2) is 11.5 Å². The molecule has 0 radical (unpaired) electrons. The van der Waals surface area contributed by atoms with Crippen LogP contribution in [-0.2, 0) is 16.0 Å². The molecule has 1 aliphatic heterocycles. The van der Waals surface area contributed by atoms with E-state index in [0.29, 0.717) is 19.4 Å². The Morgan fingerprint density at radius 2 is 2.04 bits per heavy atom. The van der Waals surface area contributed by atoms with Gasteiger partial charge in [-0.05, 0) is 55.8 Å². The Bertz CT molecular complexity index is 627. The van der Waals surface area contributed by atoms with E-state index in [0.717, 1.165) is 24.9 Å². The SMILES string of the molecule is CC(C)C[C@H](NC(=O)[C@@H]1CCCN1)C(=O)NCCc1ccc(O)c(O)c1. The highest BCUT2D eigenvalue weighted by atomic mass is 16.3. The van der Waals surface area contributed by atoms with Gasteiger partial charge >= 0.3 is 0 Å². The summed E-state index contributed by atoms with van der Waals surface area (Å²) in [5.74, 6) is -0.391. The highest BCUT2D eigenvalue weighted by Crippen LogP contribution is 2.24. The highest BCUT2D eigenvalue weighted by molar-refractivity contribution is 5.89. The summed E-state index contributed by atoms with van der Waals surface area (Å²) >= 11 is 0. The number of aromatic hydroxyl groups is 2. The third-order valence-corrected chi connectivity index (χ3v) is 4.47. The summed E-state index contributed by atoms with van der Waals surface area (Å²) in [6, 6.07) is 3.82. The maximum absolute atomic E-state index is 12.5. The number of phenolic OH excluding ortho intramolecular Hbond substituents is 2. The van der Waals surface area contributed by atoms with Crippen molar-refractivity contribution in [2.45, 2.75) is 51.6 Å². The van der Waals surface area contributed by atoms with E-state index in [1.165, 1.54) is 12.1 Å².